The summed E-state index contributed by atoms with van der Waals surface area (Å²) >= 11 is 0. The van der Waals surface area contributed by atoms with E-state index in [1.807, 2.05) is 6.92 Å². The van der Waals surface area contributed by atoms with Gasteiger partial charge in [-0.05, 0) is 32.6 Å². The lowest BCUT2D eigenvalue weighted by atomic mass is 9.97. The van der Waals surface area contributed by atoms with Crippen LogP contribution in [0.2, 0.25) is 0 Å². The van der Waals surface area contributed by atoms with Gasteiger partial charge >= 0.3 is 0 Å². The Hall–Kier alpha value is -0.570. The highest BCUT2D eigenvalue weighted by atomic mass is 16.2. The van der Waals surface area contributed by atoms with Crippen LogP contribution in [0.3, 0.4) is 0 Å². The number of rotatable bonds is 4. The molecule has 3 N–H and O–H groups in total. The van der Waals surface area contributed by atoms with Crippen molar-refractivity contribution in [2.24, 2.45) is 17.6 Å². The molecule has 0 saturated heterocycles. The molecule has 1 rings (SSSR count). The predicted octanol–water partition coefficient (Wildman–Crippen LogP) is 0.886. The Morgan fingerprint density at radius 3 is 2.54 bits per heavy atom. The van der Waals surface area contributed by atoms with Gasteiger partial charge in [0, 0.05) is 18.0 Å². The number of nitrogens with one attached hydrogen (secondary N) is 1. The van der Waals surface area contributed by atoms with Crippen LogP contribution < -0.4 is 11.1 Å². The molecular formula is C10H20N2O. The lowest BCUT2D eigenvalue weighted by Crippen LogP contribution is -2.48. The van der Waals surface area contributed by atoms with E-state index in [4.69, 9.17) is 5.73 Å². The Morgan fingerprint density at radius 2 is 2.15 bits per heavy atom. The molecule has 3 nitrogen and oxygen atoms in total. The third kappa shape index (κ3) is 2.69. The molecule has 0 bridgehead atoms. The van der Waals surface area contributed by atoms with Gasteiger partial charge in [0.2, 0.25) is 5.91 Å². The Bertz CT molecular complexity index is 197. The lowest BCUT2D eigenvalue weighted by Gasteiger charge is -2.27. The van der Waals surface area contributed by atoms with E-state index in [0.717, 1.165) is 0 Å². The molecule has 0 heterocycles. The topological polar surface area (TPSA) is 55.1 Å². The first kappa shape index (κ1) is 10.5. The Morgan fingerprint density at radius 1 is 1.62 bits per heavy atom. The minimum absolute atomic E-state index is 0.0412. The predicted molar refractivity (Wildman–Crippen MR) is 53.2 cm³/mol. The fourth-order valence-corrected chi connectivity index (χ4v) is 1.45. The van der Waals surface area contributed by atoms with Crippen molar-refractivity contribution in [2.45, 2.75) is 39.2 Å². The van der Waals surface area contributed by atoms with Crippen molar-refractivity contribution < 1.29 is 4.79 Å². The molecule has 1 amide bonds. The van der Waals surface area contributed by atoms with E-state index in [1.54, 1.807) is 0 Å². The molecule has 3 heteroatoms. The Balaban J connectivity index is 2.42. The third-order valence-corrected chi connectivity index (χ3v) is 2.84. The molecule has 0 radical (unpaired) electrons. The van der Waals surface area contributed by atoms with E-state index in [2.05, 4.69) is 19.2 Å². The maximum Gasteiger partial charge on any atom is 0.224 e. The van der Waals surface area contributed by atoms with E-state index in [1.165, 1.54) is 12.8 Å². The maximum absolute atomic E-state index is 11.5. The van der Waals surface area contributed by atoms with Crippen molar-refractivity contribution in [3.05, 3.63) is 0 Å². The minimum Gasteiger partial charge on any atom is -0.351 e. The van der Waals surface area contributed by atoms with Crippen molar-refractivity contribution in [3.8, 4) is 0 Å². The molecule has 1 fully saturated rings. The smallest absolute Gasteiger partial charge is 0.224 e. The summed E-state index contributed by atoms with van der Waals surface area (Å²) < 4.78 is 0. The van der Waals surface area contributed by atoms with Crippen LogP contribution in [0.5, 0.6) is 0 Å². The van der Waals surface area contributed by atoms with Crippen molar-refractivity contribution in [3.63, 3.8) is 0 Å². The van der Waals surface area contributed by atoms with Gasteiger partial charge in [-0.2, -0.15) is 0 Å². The normalized spacial score (nSPS) is 19.7. The Labute approximate surface area is 80.1 Å². The first-order valence-corrected chi connectivity index (χ1v) is 4.99. The van der Waals surface area contributed by atoms with E-state index >= 15 is 0 Å². The van der Waals surface area contributed by atoms with Crippen molar-refractivity contribution in [1.82, 2.24) is 5.32 Å². The van der Waals surface area contributed by atoms with Crippen LogP contribution in [-0.2, 0) is 4.79 Å². The van der Waals surface area contributed by atoms with Gasteiger partial charge in [0.15, 0.2) is 0 Å². The lowest BCUT2D eigenvalue weighted by molar-refractivity contribution is -0.126. The van der Waals surface area contributed by atoms with Gasteiger partial charge in [0.25, 0.3) is 0 Å². The van der Waals surface area contributed by atoms with Gasteiger partial charge < -0.3 is 11.1 Å². The zero-order valence-corrected chi connectivity index (χ0v) is 8.76. The number of nitrogens with two attached hydrogens (primary N) is 1. The zero-order valence-electron chi connectivity index (χ0n) is 8.76. The summed E-state index contributed by atoms with van der Waals surface area (Å²) in [6.07, 6.45) is 2.48. The number of hydrogen-bond acceptors (Lipinski definition) is 2. The molecule has 0 aromatic rings. The molecule has 1 atom stereocenters. The largest absolute Gasteiger partial charge is 0.351 e. The van der Waals surface area contributed by atoms with Gasteiger partial charge in [-0.15, -0.1) is 0 Å². The molecule has 0 aromatic carbocycles. The molecule has 1 saturated carbocycles. The second-order valence-electron chi connectivity index (χ2n) is 4.62. The van der Waals surface area contributed by atoms with Crippen LogP contribution in [-0.4, -0.2) is 18.0 Å². The van der Waals surface area contributed by atoms with E-state index in [-0.39, 0.29) is 17.4 Å². The van der Waals surface area contributed by atoms with Gasteiger partial charge in [0.1, 0.15) is 0 Å². The minimum atomic E-state index is -0.0713. The summed E-state index contributed by atoms with van der Waals surface area (Å²) in [5.74, 6) is 0.679. The second-order valence-corrected chi connectivity index (χ2v) is 4.62. The van der Waals surface area contributed by atoms with Gasteiger partial charge in [-0.3, -0.25) is 4.79 Å². The number of hydrogen-bond donors (Lipinski definition) is 2. The maximum atomic E-state index is 11.5. The third-order valence-electron chi connectivity index (χ3n) is 2.84. The molecular weight excluding hydrogens is 164 g/mol. The fraction of sp³-hybridized carbons (Fsp3) is 0.900. The van der Waals surface area contributed by atoms with E-state index in [9.17, 15) is 4.79 Å². The van der Waals surface area contributed by atoms with Crippen molar-refractivity contribution in [1.29, 1.82) is 0 Å². The van der Waals surface area contributed by atoms with Gasteiger partial charge in [0.05, 0.1) is 0 Å². The highest BCUT2D eigenvalue weighted by molar-refractivity contribution is 5.79. The van der Waals surface area contributed by atoms with E-state index < -0.39 is 0 Å². The summed E-state index contributed by atoms with van der Waals surface area (Å²) in [4.78, 5) is 11.5. The first-order valence-electron chi connectivity index (χ1n) is 4.99. The summed E-state index contributed by atoms with van der Waals surface area (Å²) in [5, 5.41) is 3.05. The number of carbonyl (C=O) groups is 1. The summed E-state index contributed by atoms with van der Waals surface area (Å²) in [7, 11) is 0. The van der Waals surface area contributed by atoms with Crippen LogP contribution in [0.4, 0.5) is 0 Å². The monoisotopic (exact) mass is 184 g/mol. The molecule has 0 aromatic heterocycles. The summed E-state index contributed by atoms with van der Waals surface area (Å²) in [6.45, 7) is 6.46. The Kier molecular flexibility index (Phi) is 2.96. The average molecular weight is 184 g/mol. The van der Waals surface area contributed by atoms with E-state index in [0.29, 0.717) is 12.5 Å². The zero-order chi connectivity index (χ0) is 10.1. The molecule has 13 heavy (non-hydrogen) atoms. The summed E-state index contributed by atoms with van der Waals surface area (Å²) in [5.41, 5.74) is 5.38. The van der Waals surface area contributed by atoms with Gasteiger partial charge in [-0.25, -0.2) is 0 Å². The fourth-order valence-electron chi connectivity index (χ4n) is 1.45. The molecule has 1 aliphatic carbocycles. The van der Waals surface area contributed by atoms with Crippen LogP contribution in [0.1, 0.15) is 33.6 Å². The first-order chi connectivity index (χ1) is 5.97. The van der Waals surface area contributed by atoms with Crippen LogP contribution in [0.25, 0.3) is 0 Å². The highest BCUT2D eigenvalue weighted by Crippen LogP contribution is 2.39. The standard InChI is InChI=1S/C10H20N2O/c1-7(6-11)9(13)12-10(2,3)8-4-5-8/h7-8H,4-6,11H2,1-3H3,(H,12,13). The van der Waals surface area contributed by atoms with Crippen LogP contribution >= 0.6 is 0 Å². The SMILES string of the molecule is CC(CN)C(=O)NC(C)(C)C1CC1. The quantitative estimate of drug-likeness (QED) is 0.681. The second kappa shape index (κ2) is 3.66. The highest BCUT2D eigenvalue weighted by Gasteiger charge is 2.39. The molecule has 1 aliphatic rings. The van der Waals surface area contributed by atoms with Gasteiger partial charge in [-0.1, -0.05) is 6.92 Å². The average Bonchev–Trinajstić information content (AvgIpc) is 2.84. The number of amides is 1. The molecule has 0 spiro atoms. The number of carbonyl (C=O) groups excluding carboxylic acids is 1. The molecule has 1 unspecified atom stereocenters. The van der Waals surface area contributed by atoms with Crippen LogP contribution in [0, 0.1) is 11.8 Å². The molecule has 0 aliphatic heterocycles. The summed E-state index contributed by atoms with van der Waals surface area (Å²) in [6, 6.07) is 0. The van der Waals surface area contributed by atoms with Crippen molar-refractivity contribution >= 4 is 5.91 Å². The van der Waals surface area contributed by atoms with Crippen molar-refractivity contribution in [2.75, 3.05) is 6.54 Å². The van der Waals surface area contributed by atoms with Crippen LogP contribution in [0.15, 0.2) is 0 Å². The molecule has 76 valence electrons.